The van der Waals surface area contributed by atoms with Crippen LogP contribution in [-0.4, -0.2) is 9.97 Å². The highest BCUT2D eigenvalue weighted by Gasteiger charge is 2.06. The lowest BCUT2D eigenvalue weighted by Crippen LogP contribution is -2.05. The molecule has 0 saturated heterocycles. The fourth-order valence-electron chi connectivity index (χ4n) is 1.43. The Morgan fingerprint density at radius 1 is 1.11 bits per heavy atom. The molecule has 1 heterocycles. The van der Waals surface area contributed by atoms with E-state index >= 15 is 0 Å². The van der Waals surface area contributed by atoms with Crippen LogP contribution in [0.5, 0.6) is 0 Å². The Hall–Kier alpha value is -2.92. The predicted molar refractivity (Wildman–Crippen MR) is 65.2 cm³/mol. The lowest BCUT2D eigenvalue weighted by molar-refractivity contribution is 1.06. The minimum atomic E-state index is 0.185. The first kappa shape index (κ1) is 11.6. The quantitative estimate of drug-likeness (QED) is 0.877. The van der Waals surface area contributed by atoms with Gasteiger partial charge in [-0.15, -0.1) is 0 Å². The van der Waals surface area contributed by atoms with E-state index in [9.17, 15) is 0 Å². The fraction of sp³-hybridized carbons (Fsp3) is 0.0769. The van der Waals surface area contributed by atoms with Crippen LogP contribution in [-0.2, 0) is 6.54 Å². The smallest absolute Gasteiger partial charge is 0.183 e. The predicted octanol–water partition coefficient (Wildman–Crippen LogP) is 1.83. The molecule has 0 aliphatic rings. The molecule has 0 radical (unpaired) electrons. The molecule has 2 aromatic rings. The van der Waals surface area contributed by atoms with Gasteiger partial charge in [0.05, 0.1) is 6.20 Å². The van der Waals surface area contributed by atoms with Crippen LogP contribution >= 0.6 is 0 Å². The standard InChI is InChI=1S/C13H9N5/c14-6-11-9-16-12(7-15)13(18-11)17-8-10-4-2-1-3-5-10/h1-5,9H,8H2,(H,17,18). The topological polar surface area (TPSA) is 85.4 Å². The summed E-state index contributed by atoms with van der Waals surface area (Å²) in [4.78, 5) is 7.89. The summed E-state index contributed by atoms with van der Waals surface area (Å²) in [6.07, 6.45) is 1.28. The third-order valence-corrected chi connectivity index (χ3v) is 2.30. The number of rotatable bonds is 3. The largest absolute Gasteiger partial charge is 0.364 e. The van der Waals surface area contributed by atoms with Gasteiger partial charge in [-0.3, -0.25) is 0 Å². The molecular formula is C13H9N5. The SMILES string of the molecule is N#Cc1cnc(C#N)c(NCc2ccccc2)n1. The average molecular weight is 235 g/mol. The minimum absolute atomic E-state index is 0.185. The highest BCUT2D eigenvalue weighted by Crippen LogP contribution is 2.10. The Labute approximate surface area is 104 Å². The number of hydrogen-bond donors (Lipinski definition) is 1. The molecule has 5 nitrogen and oxygen atoms in total. The third-order valence-electron chi connectivity index (χ3n) is 2.30. The second-order valence-electron chi connectivity index (χ2n) is 3.52. The van der Waals surface area contributed by atoms with Gasteiger partial charge in [0.15, 0.2) is 17.2 Å². The van der Waals surface area contributed by atoms with E-state index in [-0.39, 0.29) is 11.4 Å². The third kappa shape index (κ3) is 2.60. The van der Waals surface area contributed by atoms with Crippen LogP contribution in [0.15, 0.2) is 36.5 Å². The second-order valence-corrected chi connectivity index (χ2v) is 3.52. The van der Waals surface area contributed by atoms with Crippen LogP contribution in [0, 0.1) is 22.7 Å². The molecule has 0 spiro atoms. The van der Waals surface area contributed by atoms with Gasteiger partial charge in [0.25, 0.3) is 0 Å². The lowest BCUT2D eigenvalue weighted by Gasteiger charge is -2.06. The number of aromatic nitrogens is 2. The van der Waals surface area contributed by atoms with Gasteiger partial charge in [-0.2, -0.15) is 10.5 Å². The van der Waals surface area contributed by atoms with Crippen molar-refractivity contribution in [3.63, 3.8) is 0 Å². The highest BCUT2D eigenvalue weighted by atomic mass is 15.0. The van der Waals surface area contributed by atoms with Crippen LogP contribution in [0.1, 0.15) is 17.0 Å². The maximum atomic E-state index is 8.90. The number of nitrogens with one attached hydrogen (secondary N) is 1. The van der Waals surface area contributed by atoms with E-state index in [0.717, 1.165) is 5.56 Å². The monoisotopic (exact) mass is 235 g/mol. The van der Waals surface area contributed by atoms with Crippen molar-refractivity contribution in [1.29, 1.82) is 10.5 Å². The second kappa shape index (κ2) is 5.42. The fourth-order valence-corrected chi connectivity index (χ4v) is 1.43. The lowest BCUT2D eigenvalue weighted by atomic mass is 10.2. The van der Waals surface area contributed by atoms with Crippen molar-refractivity contribution in [3.05, 3.63) is 53.5 Å². The van der Waals surface area contributed by atoms with Gasteiger partial charge in [0.1, 0.15) is 12.1 Å². The molecule has 0 fully saturated rings. The van der Waals surface area contributed by atoms with Gasteiger partial charge in [-0.1, -0.05) is 30.3 Å². The van der Waals surface area contributed by atoms with E-state index in [1.54, 1.807) is 0 Å². The van der Waals surface area contributed by atoms with Crippen molar-refractivity contribution in [2.24, 2.45) is 0 Å². The maximum absolute atomic E-state index is 8.90. The van der Waals surface area contributed by atoms with E-state index in [1.807, 2.05) is 42.5 Å². The van der Waals surface area contributed by atoms with Gasteiger partial charge >= 0.3 is 0 Å². The molecule has 0 atom stereocenters. The zero-order valence-corrected chi connectivity index (χ0v) is 9.46. The number of benzene rings is 1. The Morgan fingerprint density at radius 2 is 1.89 bits per heavy atom. The van der Waals surface area contributed by atoms with E-state index in [4.69, 9.17) is 10.5 Å². The van der Waals surface area contributed by atoms with Crippen molar-refractivity contribution in [2.75, 3.05) is 5.32 Å². The summed E-state index contributed by atoms with van der Waals surface area (Å²) in [5, 5.41) is 20.7. The van der Waals surface area contributed by atoms with Crippen molar-refractivity contribution in [2.45, 2.75) is 6.54 Å². The van der Waals surface area contributed by atoms with E-state index in [0.29, 0.717) is 12.4 Å². The molecular weight excluding hydrogens is 226 g/mol. The first-order valence-electron chi connectivity index (χ1n) is 5.28. The van der Waals surface area contributed by atoms with E-state index in [2.05, 4.69) is 15.3 Å². The molecule has 0 amide bonds. The Balaban J connectivity index is 2.19. The number of nitriles is 2. The zero-order valence-electron chi connectivity index (χ0n) is 9.46. The molecule has 2 rings (SSSR count). The summed E-state index contributed by atoms with van der Waals surface area (Å²) in [7, 11) is 0. The zero-order chi connectivity index (χ0) is 12.8. The molecule has 86 valence electrons. The maximum Gasteiger partial charge on any atom is 0.183 e. The van der Waals surface area contributed by atoms with Crippen molar-refractivity contribution < 1.29 is 0 Å². The van der Waals surface area contributed by atoms with Gasteiger partial charge in [0, 0.05) is 6.54 Å². The summed E-state index contributed by atoms with van der Waals surface area (Å²) in [5.41, 5.74) is 1.43. The summed E-state index contributed by atoms with van der Waals surface area (Å²) < 4.78 is 0. The van der Waals surface area contributed by atoms with Crippen molar-refractivity contribution in [3.8, 4) is 12.1 Å². The summed E-state index contributed by atoms with van der Waals surface area (Å²) in [6, 6.07) is 13.5. The van der Waals surface area contributed by atoms with Gasteiger partial charge in [0.2, 0.25) is 0 Å². The molecule has 0 aliphatic carbocycles. The molecule has 1 aromatic carbocycles. The first-order valence-corrected chi connectivity index (χ1v) is 5.28. The van der Waals surface area contributed by atoms with Gasteiger partial charge < -0.3 is 5.32 Å². The molecule has 0 saturated carbocycles. The van der Waals surface area contributed by atoms with E-state index in [1.165, 1.54) is 6.20 Å². The van der Waals surface area contributed by atoms with Crippen molar-refractivity contribution in [1.82, 2.24) is 9.97 Å². The number of anilines is 1. The summed E-state index contributed by atoms with van der Waals surface area (Å²) in [5.74, 6) is 0.334. The van der Waals surface area contributed by atoms with Gasteiger partial charge in [-0.25, -0.2) is 9.97 Å². The number of nitrogens with zero attached hydrogens (tertiary/aromatic N) is 4. The molecule has 0 aliphatic heterocycles. The van der Waals surface area contributed by atoms with Crippen LogP contribution in [0.3, 0.4) is 0 Å². The molecule has 1 N–H and O–H groups in total. The molecule has 1 aromatic heterocycles. The van der Waals surface area contributed by atoms with Crippen LogP contribution < -0.4 is 5.32 Å². The van der Waals surface area contributed by atoms with Crippen LogP contribution in [0.2, 0.25) is 0 Å². The molecule has 5 heteroatoms. The van der Waals surface area contributed by atoms with Crippen LogP contribution in [0.4, 0.5) is 5.82 Å². The Morgan fingerprint density at radius 3 is 2.56 bits per heavy atom. The number of hydrogen-bond acceptors (Lipinski definition) is 5. The summed E-state index contributed by atoms with van der Waals surface area (Å²) in [6.45, 7) is 0.527. The van der Waals surface area contributed by atoms with Crippen LogP contribution in [0.25, 0.3) is 0 Å². The van der Waals surface area contributed by atoms with Gasteiger partial charge in [-0.05, 0) is 5.56 Å². The average Bonchev–Trinajstić information content (AvgIpc) is 2.45. The van der Waals surface area contributed by atoms with E-state index < -0.39 is 0 Å². The Bertz CT molecular complexity index is 622. The first-order chi connectivity index (χ1) is 8.83. The summed E-state index contributed by atoms with van der Waals surface area (Å²) >= 11 is 0. The molecule has 0 bridgehead atoms. The minimum Gasteiger partial charge on any atom is -0.364 e. The van der Waals surface area contributed by atoms with Crippen molar-refractivity contribution >= 4 is 5.82 Å². The molecule has 18 heavy (non-hydrogen) atoms. The molecule has 0 unspecified atom stereocenters. The normalized spacial score (nSPS) is 9.22. The Kier molecular flexibility index (Phi) is 3.48. The highest BCUT2D eigenvalue weighted by molar-refractivity contribution is 5.49.